The van der Waals surface area contributed by atoms with Gasteiger partial charge in [0.2, 0.25) is 5.75 Å². The van der Waals surface area contributed by atoms with Crippen LogP contribution in [-0.2, 0) is 0 Å². The van der Waals surface area contributed by atoms with Crippen molar-refractivity contribution in [3.05, 3.63) is 44.9 Å². The molecule has 0 aliphatic rings. The molecule has 0 fully saturated rings. The first-order chi connectivity index (χ1) is 8.13. The number of nitrogens with zero attached hydrogens (tertiary/aromatic N) is 1. The summed E-state index contributed by atoms with van der Waals surface area (Å²) in [5, 5.41) is 0.958. The van der Waals surface area contributed by atoms with Gasteiger partial charge in [-0.1, -0.05) is 23.2 Å². The number of aromatic amines is 1. The van der Waals surface area contributed by atoms with Crippen LogP contribution in [0, 0.1) is 0 Å². The highest BCUT2D eigenvalue weighted by Crippen LogP contribution is 2.32. The van der Waals surface area contributed by atoms with E-state index in [1.54, 1.807) is 18.2 Å². The van der Waals surface area contributed by atoms with Crippen molar-refractivity contribution in [2.45, 2.75) is 0 Å². The lowest BCUT2D eigenvalue weighted by molar-refractivity contribution is 0.408. The Morgan fingerprint density at radius 1 is 1.35 bits per heavy atom. The Morgan fingerprint density at radius 3 is 2.82 bits per heavy atom. The molecule has 1 heterocycles. The van der Waals surface area contributed by atoms with Gasteiger partial charge in [-0.25, -0.2) is 4.98 Å². The normalized spacial score (nSPS) is 10.3. The lowest BCUT2D eigenvalue weighted by Crippen LogP contribution is -2.11. The largest absolute Gasteiger partial charge is 0.490 e. The fourth-order valence-corrected chi connectivity index (χ4v) is 1.83. The van der Waals surface area contributed by atoms with E-state index < -0.39 is 0 Å². The lowest BCUT2D eigenvalue weighted by Gasteiger charge is -2.07. The molecule has 0 aliphatic heterocycles. The van der Waals surface area contributed by atoms with Gasteiger partial charge in [0.05, 0.1) is 18.5 Å². The predicted molar refractivity (Wildman–Crippen MR) is 66.9 cm³/mol. The van der Waals surface area contributed by atoms with Crippen LogP contribution >= 0.6 is 23.2 Å². The highest BCUT2D eigenvalue weighted by Gasteiger charge is 2.14. The fourth-order valence-electron chi connectivity index (χ4n) is 1.45. The van der Waals surface area contributed by atoms with Crippen LogP contribution < -0.4 is 10.3 Å². The summed E-state index contributed by atoms with van der Waals surface area (Å²) in [6, 6.07) is 4.93. The minimum atomic E-state index is -0.367. The maximum Gasteiger partial charge on any atom is 0.293 e. The van der Waals surface area contributed by atoms with Crippen LogP contribution in [0.3, 0.4) is 0 Å². The molecule has 4 nitrogen and oxygen atoms in total. The monoisotopic (exact) mass is 270 g/mol. The molecule has 88 valence electrons. The minimum Gasteiger partial charge on any atom is -0.490 e. The standard InChI is InChI=1S/C11H8Cl2N2O2/c1-17-10-9(14-5-15-11(10)16)7-4-6(12)2-3-8(7)13/h2-5H,1H3,(H,14,15,16). The molecule has 0 atom stereocenters. The van der Waals surface area contributed by atoms with Crippen LogP contribution in [0.2, 0.25) is 10.0 Å². The third kappa shape index (κ3) is 2.28. The molecule has 0 unspecified atom stereocenters. The average molecular weight is 271 g/mol. The lowest BCUT2D eigenvalue weighted by atomic mass is 10.1. The van der Waals surface area contributed by atoms with Crippen LogP contribution in [0.25, 0.3) is 11.3 Å². The number of rotatable bonds is 2. The van der Waals surface area contributed by atoms with E-state index in [4.69, 9.17) is 27.9 Å². The molecule has 0 saturated heterocycles. The maximum absolute atomic E-state index is 11.5. The second kappa shape index (κ2) is 4.77. The van der Waals surface area contributed by atoms with Gasteiger partial charge in [0.25, 0.3) is 5.56 Å². The summed E-state index contributed by atoms with van der Waals surface area (Å²) in [6.45, 7) is 0. The number of nitrogens with one attached hydrogen (secondary N) is 1. The van der Waals surface area contributed by atoms with E-state index >= 15 is 0 Å². The first kappa shape index (κ1) is 12.0. The molecule has 0 aliphatic carbocycles. The van der Waals surface area contributed by atoms with Crippen LogP contribution in [0.5, 0.6) is 5.75 Å². The molecule has 1 N–H and O–H groups in total. The van der Waals surface area contributed by atoms with E-state index in [-0.39, 0.29) is 11.3 Å². The molecule has 0 saturated carbocycles. The highest BCUT2D eigenvalue weighted by molar-refractivity contribution is 6.35. The Bertz CT molecular complexity index is 611. The highest BCUT2D eigenvalue weighted by atomic mass is 35.5. The quantitative estimate of drug-likeness (QED) is 0.913. The number of H-pyrrole nitrogens is 1. The van der Waals surface area contributed by atoms with E-state index in [1.807, 2.05) is 0 Å². The Labute approximate surface area is 107 Å². The van der Waals surface area contributed by atoms with Crippen molar-refractivity contribution in [2.75, 3.05) is 7.11 Å². The molecule has 0 bridgehead atoms. The summed E-state index contributed by atoms with van der Waals surface area (Å²) < 4.78 is 5.02. The number of hydrogen-bond acceptors (Lipinski definition) is 3. The van der Waals surface area contributed by atoms with Gasteiger partial charge in [-0.05, 0) is 18.2 Å². The number of benzene rings is 1. The molecule has 17 heavy (non-hydrogen) atoms. The fraction of sp³-hybridized carbons (Fsp3) is 0.0909. The second-order valence-electron chi connectivity index (χ2n) is 3.24. The first-order valence-corrected chi connectivity index (χ1v) is 5.46. The Hall–Kier alpha value is -1.52. The van der Waals surface area contributed by atoms with Gasteiger partial charge in [-0.3, -0.25) is 4.79 Å². The molecule has 2 aromatic rings. The van der Waals surface area contributed by atoms with Crippen LogP contribution in [0.1, 0.15) is 0 Å². The number of ether oxygens (including phenoxy) is 1. The Balaban J connectivity index is 2.72. The van der Waals surface area contributed by atoms with E-state index in [1.165, 1.54) is 13.4 Å². The van der Waals surface area contributed by atoms with E-state index in [2.05, 4.69) is 9.97 Å². The predicted octanol–water partition coefficient (Wildman–Crippen LogP) is 2.75. The third-order valence-corrected chi connectivity index (χ3v) is 2.76. The summed E-state index contributed by atoms with van der Waals surface area (Å²) in [7, 11) is 1.40. The summed E-state index contributed by atoms with van der Waals surface area (Å²) in [5.41, 5.74) is 0.555. The molecule has 1 aromatic heterocycles. The molecule has 0 radical (unpaired) electrons. The van der Waals surface area contributed by atoms with Crippen molar-refractivity contribution in [3.63, 3.8) is 0 Å². The molecule has 0 amide bonds. The molecule has 0 spiro atoms. The van der Waals surface area contributed by atoms with Crippen molar-refractivity contribution >= 4 is 23.2 Å². The minimum absolute atomic E-state index is 0.108. The molecule has 6 heteroatoms. The summed E-state index contributed by atoms with van der Waals surface area (Å²) in [5.74, 6) is 0.108. The van der Waals surface area contributed by atoms with Gasteiger partial charge in [0.15, 0.2) is 0 Å². The Morgan fingerprint density at radius 2 is 2.12 bits per heavy atom. The first-order valence-electron chi connectivity index (χ1n) is 4.70. The number of aromatic nitrogens is 2. The molecular weight excluding hydrogens is 263 g/mol. The number of hydrogen-bond donors (Lipinski definition) is 1. The summed E-state index contributed by atoms with van der Waals surface area (Å²) in [6.07, 6.45) is 1.29. The van der Waals surface area contributed by atoms with Gasteiger partial charge >= 0.3 is 0 Å². The maximum atomic E-state index is 11.5. The molecule has 1 aromatic carbocycles. The van der Waals surface area contributed by atoms with Crippen LogP contribution in [0.4, 0.5) is 0 Å². The van der Waals surface area contributed by atoms with Crippen molar-refractivity contribution in [1.29, 1.82) is 0 Å². The van der Waals surface area contributed by atoms with Gasteiger partial charge in [0.1, 0.15) is 5.69 Å². The zero-order valence-corrected chi connectivity index (χ0v) is 10.3. The van der Waals surface area contributed by atoms with Crippen molar-refractivity contribution in [1.82, 2.24) is 9.97 Å². The molecule has 2 rings (SSSR count). The molecular formula is C11H8Cl2N2O2. The smallest absolute Gasteiger partial charge is 0.293 e. The van der Waals surface area contributed by atoms with Gasteiger partial charge in [-0.15, -0.1) is 0 Å². The van der Waals surface area contributed by atoms with Gasteiger partial charge in [0, 0.05) is 10.6 Å². The number of methoxy groups -OCH3 is 1. The zero-order chi connectivity index (χ0) is 12.4. The van der Waals surface area contributed by atoms with Gasteiger partial charge < -0.3 is 9.72 Å². The van der Waals surface area contributed by atoms with Gasteiger partial charge in [-0.2, -0.15) is 0 Å². The topological polar surface area (TPSA) is 55.0 Å². The SMILES string of the molecule is COc1c(-c2cc(Cl)ccc2Cl)nc[nH]c1=O. The van der Waals surface area contributed by atoms with Crippen molar-refractivity contribution in [2.24, 2.45) is 0 Å². The van der Waals surface area contributed by atoms with E-state index in [9.17, 15) is 4.79 Å². The third-order valence-electron chi connectivity index (χ3n) is 2.20. The summed E-state index contributed by atoms with van der Waals surface area (Å²) >= 11 is 11.9. The average Bonchev–Trinajstić information content (AvgIpc) is 2.32. The van der Waals surface area contributed by atoms with E-state index in [0.29, 0.717) is 21.3 Å². The second-order valence-corrected chi connectivity index (χ2v) is 4.08. The van der Waals surface area contributed by atoms with Crippen LogP contribution in [0.15, 0.2) is 29.3 Å². The van der Waals surface area contributed by atoms with Crippen LogP contribution in [-0.4, -0.2) is 17.1 Å². The van der Waals surface area contributed by atoms with Crippen molar-refractivity contribution in [3.8, 4) is 17.0 Å². The van der Waals surface area contributed by atoms with Crippen molar-refractivity contribution < 1.29 is 4.74 Å². The summed E-state index contributed by atoms with van der Waals surface area (Å²) in [4.78, 5) is 18.0. The zero-order valence-electron chi connectivity index (χ0n) is 8.83. The number of halogens is 2. The van der Waals surface area contributed by atoms with E-state index in [0.717, 1.165) is 0 Å². The Kier molecular flexibility index (Phi) is 3.36.